The van der Waals surface area contributed by atoms with Gasteiger partial charge < -0.3 is 80.2 Å². The molecule has 2 heterocycles. The van der Waals surface area contributed by atoms with Gasteiger partial charge in [0.25, 0.3) is 0 Å². The van der Waals surface area contributed by atoms with E-state index in [1.165, 1.54) is 0 Å². The second-order valence-corrected chi connectivity index (χ2v) is 8.18. The molecule has 0 spiro atoms. The van der Waals surface area contributed by atoms with Gasteiger partial charge in [-0.2, -0.15) is 0 Å². The van der Waals surface area contributed by atoms with Crippen LogP contribution < -0.4 is 0 Å². The Balaban J connectivity index is 1.95. The van der Waals surface area contributed by atoms with Crippen LogP contribution in [0.5, 0.6) is 0 Å². The van der Waals surface area contributed by atoms with Crippen LogP contribution in [0.3, 0.4) is 0 Å². The third-order valence-corrected chi connectivity index (χ3v) is 5.70. The van der Waals surface area contributed by atoms with Gasteiger partial charge in [0.1, 0.15) is 73.2 Å². The molecule has 0 bridgehead atoms. The third kappa shape index (κ3) is 6.77. The summed E-state index contributed by atoms with van der Waals surface area (Å²) in [4.78, 5) is 0. The number of aliphatic hydroxyl groups excluding tert-OH is 12. The van der Waals surface area contributed by atoms with Gasteiger partial charge in [0.05, 0.1) is 26.4 Å². The van der Waals surface area contributed by atoms with Crippen molar-refractivity contribution >= 4 is 0 Å². The molecule has 0 radical (unpaired) electrons. The fourth-order valence-electron chi connectivity index (χ4n) is 3.44. The standard InChI is InChI=1S/C18H34O16/c19-1-5(21)9(23)10(24)6(22)3-31-17-16(30)14(28)12(26)8(34-17)4-32-18-15(29)13(27)11(25)7(2-20)33-18/h5-30H,1-4H2/t5-,6-,7-,8-,9-,10-,11-,12-,13+,14+,15-,16-,17-,18-/m1/s1. The zero-order valence-electron chi connectivity index (χ0n) is 17.9. The highest BCUT2D eigenvalue weighted by Gasteiger charge is 2.47. The van der Waals surface area contributed by atoms with E-state index in [0.29, 0.717) is 0 Å². The molecule has 12 N–H and O–H groups in total. The lowest BCUT2D eigenvalue weighted by Gasteiger charge is -2.42. The number of ether oxygens (including phenoxy) is 4. The van der Waals surface area contributed by atoms with Crippen LogP contribution in [-0.2, 0) is 18.9 Å². The summed E-state index contributed by atoms with van der Waals surface area (Å²) in [6.45, 7) is -2.97. The molecule has 2 fully saturated rings. The maximum atomic E-state index is 10.2. The fourth-order valence-corrected chi connectivity index (χ4v) is 3.44. The number of rotatable bonds is 11. The van der Waals surface area contributed by atoms with E-state index in [1.54, 1.807) is 0 Å². The Hall–Kier alpha value is -0.640. The Labute approximate surface area is 193 Å². The molecule has 0 saturated carbocycles. The van der Waals surface area contributed by atoms with Crippen molar-refractivity contribution in [3.63, 3.8) is 0 Å². The summed E-state index contributed by atoms with van der Waals surface area (Å²) in [7, 11) is 0. The van der Waals surface area contributed by atoms with Gasteiger partial charge in [-0.1, -0.05) is 0 Å². The molecule has 0 unspecified atom stereocenters. The average Bonchev–Trinajstić information content (AvgIpc) is 2.84. The van der Waals surface area contributed by atoms with Crippen molar-refractivity contribution in [2.45, 2.75) is 85.8 Å². The summed E-state index contributed by atoms with van der Waals surface area (Å²) in [5.41, 5.74) is 0. The van der Waals surface area contributed by atoms with E-state index in [-0.39, 0.29) is 0 Å². The van der Waals surface area contributed by atoms with Gasteiger partial charge in [-0.3, -0.25) is 0 Å². The zero-order chi connectivity index (χ0) is 25.7. The second kappa shape index (κ2) is 13.1. The van der Waals surface area contributed by atoms with Crippen molar-refractivity contribution < 1.29 is 80.2 Å². The van der Waals surface area contributed by atoms with E-state index in [4.69, 9.17) is 24.1 Å². The first kappa shape index (κ1) is 29.6. The molecule has 14 atom stereocenters. The Bertz CT molecular complexity index is 596. The Morgan fingerprint density at radius 1 is 0.588 bits per heavy atom. The molecule has 0 amide bonds. The lowest BCUT2D eigenvalue weighted by molar-refractivity contribution is -0.333. The first-order valence-corrected chi connectivity index (χ1v) is 10.5. The third-order valence-electron chi connectivity index (χ3n) is 5.70. The van der Waals surface area contributed by atoms with Crippen LogP contribution in [0.15, 0.2) is 0 Å². The maximum absolute atomic E-state index is 10.2. The van der Waals surface area contributed by atoms with Gasteiger partial charge in [0.2, 0.25) is 0 Å². The number of hydrogen-bond donors (Lipinski definition) is 12. The summed E-state index contributed by atoms with van der Waals surface area (Å²) in [5, 5.41) is 117. The summed E-state index contributed by atoms with van der Waals surface area (Å²) in [6, 6.07) is 0. The fraction of sp³-hybridized carbons (Fsp3) is 1.00. The molecule has 2 saturated heterocycles. The van der Waals surface area contributed by atoms with E-state index in [9.17, 15) is 56.2 Å². The normalized spacial score (nSPS) is 42.7. The quantitative estimate of drug-likeness (QED) is 0.124. The first-order chi connectivity index (χ1) is 15.9. The van der Waals surface area contributed by atoms with Crippen LogP contribution in [0.2, 0.25) is 0 Å². The molecule has 16 nitrogen and oxygen atoms in total. The van der Waals surface area contributed by atoms with Crippen LogP contribution >= 0.6 is 0 Å². The molecule has 0 aromatic heterocycles. The predicted molar refractivity (Wildman–Crippen MR) is 103 cm³/mol. The molecule has 2 aliphatic heterocycles. The van der Waals surface area contributed by atoms with Crippen LogP contribution in [0.1, 0.15) is 0 Å². The van der Waals surface area contributed by atoms with Gasteiger partial charge in [-0.25, -0.2) is 0 Å². The van der Waals surface area contributed by atoms with Crippen LogP contribution in [-0.4, -0.2) is 174 Å². The van der Waals surface area contributed by atoms with Crippen LogP contribution in [0, 0.1) is 0 Å². The molecule has 202 valence electrons. The zero-order valence-corrected chi connectivity index (χ0v) is 17.9. The average molecular weight is 506 g/mol. The van der Waals surface area contributed by atoms with Crippen LogP contribution in [0.4, 0.5) is 0 Å². The van der Waals surface area contributed by atoms with Gasteiger partial charge in [0, 0.05) is 0 Å². The van der Waals surface area contributed by atoms with Gasteiger partial charge in [-0.15, -0.1) is 0 Å². The van der Waals surface area contributed by atoms with Crippen LogP contribution in [0.25, 0.3) is 0 Å². The van der Waals surface area contributed by atoms with E-state index in [0.717, 1.165) is 0 Å². The highest BCUT2D eigenvalue weighted by molar-refractivity contribution is 4.92. The highest BCUT2D eigenvalue weighted by atomic mass is 16.7. The first-order valence-electron chi connectivity index (χ1n) is 10.5. The van der Waals surface area contributed by atoms with Gasteiger partial charge >= 0.3 is 0 Å². The van der Waals surface area contributed by atoms with E-state index in [1.807, 2.05) is 0 Å². The topological polar surface area (TPSA) is 280 Å². The molecule has 34 heavy (non-hydrogen) atoms. The van der Waals surface area contributed by atoms with Crippen molar-refractivity contribution in [2.75, 3.05) is 26.4 Å². The molecule has 2 aliphatic rings. The van der Waals surface area contributed by atoms with E-state index < -0.39 is 112 Å². The lowest BCUT2D eigenvalue weighted by Crippen LogP contribution is -2.62. The van der Waals surface area contributed by atoms with Crippen molar-refractivity contribution in [2.24, 2.45) is 0 Å². The monoisotopic (exact) mass is 506 g/mol. The molecular weight excluding hydrogens is 472 g/mol. The molecule has 16 heteroatoms. The number of aliphatic hydroxyl groups is 12. The molecule has 0 aliphatic carbocycles. The lowest BCUT2D eigenvalue weighted by atomic mass is 9.98. The van der Waals surface area contributed by atoms with Gasteiger partial charge in [-0.05, 0) is 0 Å². The SMILES string of the molecule is OC[C@@H](O)[C@@H](O)[C@H](O)[C@H](O)CO[C@@H]1O[C@H](CO[C@@H]2O[C@H](CO)[C@@H](O)[C@H](O)[C@H]2O)[C@@H](O)[C@H](O)[C@H]1O. The summed E-state index contributed by atoms with van der Waals surface area (Å²) < 4.78 is 20.8. The molecule has 2 rings (SSSR count). The minimum Gasteiger partial charge on any atom is -0.394 e. The van der Waals surface area contributed by atoms with Crippen molar-refractivity contribution in [3.8, 4) is 0 Å². The Morgan fingerprint density at radius 3 is 1.59 bits per heavy atom. The predicted octanol–water partition coefficient (Wildman–Crippen LogP) is -7.94. The minimum atomic E-state index is -1.95. The van der Waals surface area contributed by atoms with Gasteiger partial charge in [0.15, 0.2) is 12.6 Å². The number of hydrogen-bond acceptors (Lipinski definition) is 16. The second-order valence-electron chi connectivity index (χ2n) is 8.18. The van der Waals surface area contributed by atoms with Crippen molar-refractivity contribution in [1.82, 2.24) is 0 Å². The Kier molecular flexibility index (Phi) is 11.4. The molecule has 0 aromatic rings. The van der Waals surface area contributed by atoms with E-state index in [2.05, 4.69) is 0 Å². The summed E-state index contributed by atoms with van der Waals surface area (Å²) >= 11 is 0. The van der Waals surface area contributed by atoms with Crippen molar-refractivity contribution in [3.05, 3.63) is 0 Å². The highest BCUT2D eigenvalue weighted by Crippen LogP contribution is 2.26. The molecule has 0 aromatic carbocycles. The summed E-state index contributed by atoms with van der Waals surface area (Å²) in [5.74, 6) is 0. The molecular formula is C18H34O16. The summed E-state index contributed by atoms with van der Waals surface area (Å²) in [6.07, 6.45) is -23.8. The smallest absolute Gasteiger partial charge is 0.186 e. The van der Waals surface area contributed by atoms with Crippen molar-refractivity contribution in [1.29, 1.82) is 0 Å². The maximum Gasteiger partial charge on any atom is 0.186 e. The Morgan fingerprint density at radius 2 is 1.06 bits per heavy atom. The minimum absolute atomic E-state index is 0.597. The largest absolute Gasteiger partial charge is 0.394 e. The van der Waals surface area contributed by atoms with E-state index >= 15 is 0 Å².